The lowest BCUT2D eigenvalue weighted by molar-refractivity contribution is -0.159. The van der Waals surface area contributed by atoms with Gasteiger partial charge in [-0.05, 0) is 20.8 Å². The van der Waals surface area contributed by atoms with Crippen LogP contribution >= 0.6 is 0 Å². The molecule has 0 N–H and O–H groups in total. The SMILES string of the molecule is CN(C)C=Nc1nc(OCOC(=O)C(C)(C)C)ncc1F. The lowest BCUT2D eigenvalue weighted by atomic mass is 9.98. The summed E-state index contributed by atoms with van der Waals surface area (Å²) < 4.78 is 23.4. The average Bonchev–Trinajstić information content (AvgIpc) is 2.37. The van der Waals surface area contributed by atoms with Crippen LogP contribution in [0.4, 0.5) is 10.2 Å². The van der Waals surface area contributed by atoms with Gasteiger partial charge in [0, 0.05) is 14.1 Å². The minimum Gasteiger partial charge on any atom is -0.427 e. The van der Waals surface area contributed by atoms with Crippen LogP contribution in [0, 0.1) is 11.2 Å². The molecule has 0 aliphatic rings. The number of aliphatic imine (C=N–C) groups is 1. The Labute approximate surface area is 122 Å². The van der Waals surface area contributed by atoms with Crippen LogP contribution < -0.4 is 4.74 Å². The average molecular weight is 298 g/mol. The summed E-state index contributed by atoms with van der Waals surface area (Å²) in [5, 5.41) is 0. The maximum atomic E-state index is 13.4. The van der Waals surface area contributed by atoms with E-state index in [1.807, 2.05) is 0 Å². The second-order valence-electron chi connectivity index (χ2n) is 5.48. The molecule has 0 amide bonds. The number of carbonyl (C=O) groups excluding carboxylic acids is 1. The third-order valence-electron chi connectivity index (χ3n) is 2.10. The summed E-state index contributed by atoms with van der Waals surface area (Å²) in [6.07, 6.45) is 2.34. The van der Waals surface area contributed by atoms with Crippen molar-refractivity contribution in [3.8, 4) is 6.01 Å². The minimum absolute atomic E-state index is 0.121. The second-order valence-corrected chi connectivity index (χ2v) is 5.48. The molecule has 0 aliphatic heterocycles. The highest BCUT2D eigenvalue weighted by Gasteiger charge is 2.23. The number of esters is 1. The second kappa shape index (κ2) is 6.96. The van der Waals surface area contributed by atoms with Gasteiger partial charge in [0.1, 0.15) is 0 Å². The highest BCUT2D eigenvalue weighted by Crippen LogP contribution is 2.17. The highest BCUT2D eigenvalue weighted by molar-refractivity contribution is 5.75. The number of hydrogen-bond acceptors (Lipinski definition) is 6. The summed E-state index contributed by atoms with van der Waals surface area (Å²) in [5.74, 6) is -1.25. The Bertz CT molecular complexity index is 527. The van der Waals surface area contributed by atoms with E-state index in [2.05, 4.69) is 15.0 Å². The van der Waals surface area contributed by atoms with E-state index in [-0.39, 0.29) is 18.6 Å². The van der Waals surface area contributed by atoms with Crippen LogP contribution in [0.2, 0.25) is 0 Å². The van der Waals surface area contributed by atoms with Crippen molar-refractivity contribution in [2.75, 3.05) is 20.9 Å². The Morgan fingerprint density at radius 1 is 1.48 bits per heavy atom. The van der Waals surface area contributed by atoms with E-state index in [9.17, 15) is 9.18 Å². The number of ether oxygens (including phenoxy) is 2. The molecule has 0 aromatic carbocycles. The molecule has 0 atom stereocenters. The van der Waals surface area contributed by atoms with Crippen LogP contribution in [0.1, 0.15) is 20.8 Å². The smallest absolute Gasteiger partial charge is 0.321 e. The first-order valence-corrected chi connectivity index (χ1v) is 6.23. The molecule has 1 aromatic heterocycles. The quantitative estimate of drug-likeness (QED) is 0.357. The number of aromatic nitrogens is 2. The zero-order chi connectivity index (χ0) is 16.0. The third-order valence-corrected chi connectivity index (χ3v) is 2.10. The zero-order valence-electron chi connectivity index (χ0n) is 12.8. The number of hydrogen-bond donors (Lipinski definition) is 0. The predicted molar refractivity (Wildman–Crippen MR) is 74.9 cm³/mol. The summed E-state index contributed by atoms with van der Waals surface area (Å²) in [4.78, 5) is 24.4. The monoisotopic (exact) mass is 298 g/mol. The van der Waals surface area contributed by atoms with Gasteiger partial charge in [-0.25, -0.2) is 14.4 Å². The lowest BCUT2D eigenvalue weighted by Crippen LogP contribution is -2.24. The summed E-state index contributed by atoms with van der Waals surface area (Å²) in [7, 11) is 3.48. The fourth-order valence-corrected chi connectivity index (χ4v) is 1.02. The Hall–Kier alpha value is -2.25. The molecule has 7 nitrogen and oxygen atoms in total. The third kappa shape index (κ3) is 5.72. The molecule has 0 radical (unpaired) electrons. The van der Waals surface area contributed by atoms with Crippen molar-refractivity contribution in [3.05, 3.63) is 12.0 Å². The van der Waals surface area contributed by atoms with Gasteiger partial charge in [0.25, 0.3) is 0 Å². The first-order chi connectivity index (χ1) is 9.70. The Morgan fingerprint density at radius 3 is 2.71 bits per heavy atom. The van der Waals surface area contributed by atoms with Crippen LogP contribution in [-0.4, -0.2) is 48.1 Å². The van der Waals surface area contributed by atoms with E-state index in [0.717, 1.165) is 6.20 Å². The van der Waals surface area contributed by atoms with Crippen LogP contribution in [-0.2, 0) is 9.53 Å². The van der Waals surface area contributed by atoms with Gasteiger partial charge in [-0.15, -0.1) is 0 Å². The van der Waals surface area contributed by atoms with Crippen molar-refractivity contribution in [1.29, 1.82) is 0 Å². The van der Waals surface area contributed by atoms with Crippen molar-refractivity contribution in [2.24, 2.45) is 10.4 Å². The number of nitrogens with zero attached hydrogens (tertiary/aromatic N) is 4. The standard InChI is InChI=1S/C13H19FN4O3/c1-13(2,3)11(19)20-8-21-12-15-6-9(14)10(17-12)16-7-18(4)5/h6-7H,8H2,1-5H3. The van der Waals surface area contributed by atoms with Gasteiger partial charge in [-0.3, -0.25) is 4.79 Å². The molecule has 8 heteroatoms. The molecule has 0 aliphatic carbocycles. The van der Waals surface area contributed by atoms with Crippen molar-refractivity contribution >= 4 is 18.1 Å². The van der Waals surface area contributed by atoms with E-state index in [1.54, 1.807) is 39.8 Å². The number of carbonyl (C=O) groups is 1. The van der Waals surface area contributed by atoms with Crippen molar-refractivity contribution in [3.63, 3.8) is 0 Å². The molecule has 0 saturated carbocycles. The summed E-state index contributed by atoms with van der Waals surface area (Å²) in [5.41, 5.74) is -0.631. The lowest BCUT2D eigenvalue weighted by Gasteiger charge is -2.16. The van der Waals surface area contributed by atoms with E-state index in [0.29, 0.717) is 0 Å². The molecule has 1 aromatic rings. The summed E-state index contributed by atoms with van der Waals surface area (Å²) >= 11 is 0. The molecule has 0 spiro atoms. The van der Waals surface area contributed by atoms with E-state index in [4.69, 9.17) is 9.47 Å². The topological polar surface area (TPSA) is 76.9 Å². The molecule has 0 saturated heterocycles. The summed E-state index contributed by atoms with van der Waals surface area (Å²) in [6.45, 7) is 4.81. The molecule has 0 fully saturated rings. The first-order valence-electron chi connectivity index (χ1n) is 6.23. The maximum absolute atomic E-state index is 13.4. The van der Waals surface area contributed by atoms with Crippen molar-refractivity contribution in [2.45, 2.75) is 20.8 Å². The van der Waals surface area contributed by atoms with Gasteiger partial charge in [0.15, 0.2) is 11.6 Å². The number of rotatable bonds is 5. The molecule has 116 valence electrons. The maximum Gasteiger partial charge on any atom is 0.321 e. The molecular formula is C13H19FN4O3. The molecule has 0 bridgehead atoms. The van der Waals surface area contributed by atoms with E-state index in [1.165, 1.54) is 6.34 Å². The summed E-state index contributed by atoms with van der Waals surface area (Å²) in [6, 6.07) is -0.121. The Balaban J connectivity index is 2.65. The first kappa shape index (κ1) is 16.8. The van der Waals surface area contributed by atoms with E-state index < -0.39 is 17.2 Å². The molecule has 0 unspecified atom stereocenters. The van der Waals surface area contributed by atoms with Crippen LogP contribution in [0.5, 0.6) is 6.01 Å². The molecular weight excluding hydrogens is 279 g/mol. The molecule has 21 heavy (non-hydrogen) atoms. The molecule has 1 rings (SSSR count). The highest BCUT2D eigenvalue weighted by atomic mass is 19.1. The van der Waals surface area contributed by atoms with Gasteiger partial charge >= 0.3 is 12.0 Å². The van der Waals surface area contributed by atoms with Crippen LogP contribution in [0.3, 0.4) is 0 Å². The van der Waals surface area contributed by atoms with E-state index >= 15 is 0 Å². The van der Waals surface area contributed by atoms with Gasteiger partial charge in [-0.1, -0.05) is 0 Å². The van der Waals surface area contributed by atoms with Gasteiger partial charge < -0.3 is 14.4 Å². The van der Waals surface area contributed by atoms with Crippen molar-refractivity contribution in [1.82, 2.24) is 14.9 Å². The van der Waals surface area contributed by atoms with Gasteiger partial charge in [0.2, 0.25) is 6.79 Å². The minimum atomic E-state index is -0.674. The van der Waals surface area contributed by atoms with Crippen LogP contribution in [0.15, 0.2) is 11.2 Å². The predicted octanol–water partition coefficient (Wildman–Crippen LogP) is 1.76. The van der Waals surface area contributed by atoms with Gasteiger partial charge in [-0.2, -0.15) is 4.98 Å². The normalized spacial score (nSPS) is 11.5. The number of halogens is 1. The fourth-order valence-electron chi connectivity index (χ4n) is 1.02. The largest absolute Gasteiger partial charge is 0.427 e. The molecule has 1 heterocycles. The van der Waals surface area contributed by atoms with Crippen molar-refractivity contribution < 1.29 is 18.7 Å². The Kier molecular flexibility index (Phi) is 5.57. The van der Waals surface area contributed by atoms with Gasteiger partial charge in [0.05, 0.1) is 18.0 Å². The zero-order valence-corrected chi connectivity index (χ0v) is 12.8. The Morgan fingerprint density at radius 2 is 2.14 bits per heavy atom. The van der Waals surface area contributed by atoms with Crippen LogP contribution in [0.25, 0.3) is 0 Å². The fraction of sp³-hybridized carbons (Fsp3) is 0.538.